The standard InChI is InChI=1S/C20H32N2O3/c1-25-3-2-22-13-17(7-19(22)24)12-21-18(23)11-20-8-14-4-15(9-20)6-16(5-14)10-20/h14-17H,2-13H2,1H3,(H,21,23). The summed E-state index contributed by atoms with van der Waals surface area (Å²) < 4.78 is 5.06. The average Bonchev–Trinajstić information content (AvgIpc) is 2.89. The van der Waals surface area contributed by atoms with Crippen molar-refractivity contribution in [2.24, 2.45) is 29.1 Å². The number of methoxy groups -OCH3 is 1. The lowest BCUT2D eigenvalue weighted by Crippen LogP contribution is -2.48. The van der Waals surface area contributed by atoms with Gasteiger partial charge in [-0.25, -0.2) is 0 Å². The van der Waals surface area contributed by atoms with E-state index < -0.39 is 0 Å². The quantitative estimate of drug-likeness (QED) is 0.767. The summed E-state index contributed by atoms with van der Waals surface area (Å²) in [5.41, 5.74) is 0.300. The van der Waals surface area contributed by atoms with Crippen LogP contribution in [0.15, 0.2) is 0 Å². The number of amides is 2. The number of ether oxygens (including phenoxy) is 1. The van der Waals surface area contributed by atoms with Crippen LogP contribution in [0.1, 0.15) is 51.4 Å². The first-order chi connectivity index (χ1) is 12.0. The largest absolute Gasteiger partial charge is 0.383 e. The van der Waals surface area contributed by atoms with E-state index in [1.54, 1.807) is 7.11 Å². The van der Waals surface area contributed by atoms with Gasteiger partial charge in [0.2, 0.25) is 11.8 Å². The fourth-order valence-electron chi connectivity index (χ4n) is 6.58. The third kappa shape index (κ3) is 3.71. The average molecular weight is 348 g/mol. The Hall–Kier alpha value is -1.10. The van der Waals surface area contributed by atoms with Gasteiger partial charge in [-0.2, -0.15) is 0 Å². The number of likely N-dealkylation sites (tertiary alicyclic amines) is 1. The summed E-state index contributed by atoms with van der Waals surface area (Å²) in [7, 11) is 1.66. The molecule has 5 fully saturated rings. The summed E-state index contributed by atoms with van der Waals surface area (Å²) in [4.78, 5) is 26.4. The molecule has 5 rings (SSSR count). The molecule has 1 unspecified atom stereocenters. The van der Waals surface area contributed by atoms with E-state index in [9.17, 15) is 9.59 Å². The smallest absolute Gasteiger partial charge is 0.223 e. The van der Waals surface area contributed by atoms with E-state index in [4.69, 9.17) is 4.74 Å². The van der Waals surface area contributed by atoms with Gasteiger partial charge in [0.15, 0.2) is 0 Å². The number of nitrogens with one attached hydrogen (secondary N) is 1. The van der Waals surface area contributed by atoms with E-state index in [0.717, 1.165) is 24.3 Å². The molecule has 25 heavy (non-hydrogen) atoms. The van der Waals surface area contributed by atoms with E-state index in [0.29, 0.717) is 38.0 Å². The van der Waals surface area contributed by atoms with Gasteiger partial charge in [0.25, 0.3) is 0 Å². The van der Waals surface area contributed by atoms with Gasteiger partial charge in [0.05, 0.1) is 6.61 Å². The maximum absolute atomic E-state index is 12.6. The lowest BCUT2D eigenvalue weighted by atomic mass is 9.49. The molecule has 140 valence electrons. The summed E-state index contributed by atoms with van der Waals surface area (Å²) in [5.74, 6) is 3.33. The highest BCUT2D eigenvalue weighted by Crippen LogP contribution is 2.61. The summed E-state index contributed by atoms with van der Waals surface area (Å²) >= 11 is 0. The molecule has 1 aliphatic heterocycles. The van der Waals surface area contributed by atoms with Crippen LogP contribution in [0.25, 0.3) is 0 Å². The Morgan fingerprint density at radius 2 is 1.84 bits per heavy atom. The van der Waals surface area contributed by atoms with Crippen LogP contribution < -0.4 is 5.32 Å². The van der Waals surface area contributed by atoms with Gasteiger partial charge >= 0.3 is 0 Å². The first-order valence-corrected chi connectivity index (χ1v) is 10.1. The molecular weight excluding hydrogens is 316 g/mol. The lowest BCUT2D eigenvalue weighted by Gasteiger charge is -2.56. The van der Waals surface area contributed by atoms with Gasteiger partial charge in [0.1, 0.15) is 0 Å². The van der Waals surface area contributed by atoms with Crippen LogP contribution in [0.2, 0.25) is 0 Å². The second-order valence-electron chi connectivity index (χ2n) is 9.30. The van der Waals surface area contributed by atoms with Gasteiger partial charge in [-0.3, -0.25) is 9.59 Å². The molecule has 4 aliphatic carbocycles. The highest BCUT2D eigenvalue weighted by molar-refractivity contribution is 5.79. The molecule has 2 amide bonds. The van der Waals surface area contributed by atoms with Crippen molar-refractivity contribution in [3.8, 4) is 0 Å². The van der Waals surface area contributed by atoms with E-state index in [1.165, 1.54) is 38.5 Å². The normalized spacial score (nSPS) is 39.2. The Labute approximate surface area is 150 Å². The maximum Gasteiger partial charge on any atom is 0.223 e. The third-order valence-electron chi connectivity index (χ3n) is 7.15. The lowest BCUT2D eigenvalue weighted by molar-refractivity contribution is -0.130. The fourth-order valence-corrected chi connectivity index (χ4v) is 6.58. The van der Waals surface area contributed by atoms with E-state index in [1.807, 2.05) is 4.90 Å². The van der Waals surface area contributed by atoms with Crippen LogP contribution >= 0.6 is 0 Å². The number of hydrogen-bond donors (Lipinski definition) is 1. The molecule has 5 nitrogen and oxygen atoms in total. The number of carbonyl (C=O) groups excluding carboxylic acids is 2. The maximum atomic E-state index is 12.6. The molecule has 1 N–H and O–H groups in total. The summed E-state index contributed by atoms with van der Waals surface area (Å²) in [5, 5.41) is 3.15. The zero-order valence-electron chi connectivity index (χ0n) is 15.5. The van der Waals surface area contributed by atoms with Crippen molar-refractivity contribution >= 4 is 11.8 Å². The van der Waals surface area contributed by atoms with Crippen molar-refractivity contribution < 1.29 is 14.3 Å². The predicted molar refractivity (Wildman–Crippen MR) is 94.8 cm³/mol. The van der Waals surface area contributed by atoms with E-state index >= 15 is 0 Å². The first-order valence-electron chi connectivity index (χ1n) is 10.1. The van der Waals surface area contributed by atoms with Gasteiger partial charge in [-0.15, -0.1) is 0 Å². The number of hydrogen-bond acceptors (Lipinski definition) is 3. The minimum Gasteiger partial charge on any atom is -0.383 e. The first kappa shape index (κ1) is 17.3. The minimum atomic E-state index is 0.192. The fraction of sp³-hybridized carbons (Fsp3) is 0.900. The Morgan fingerprint density at radius 3 is 2.44 bits per heavy atom. The molecule has 0 spiro atoms. The second-order valence-corrected chi connectivity index (χ2v) is 9.30. The van der Waals surface area contributed by atoms with Crippen molar-refractivity contribution in [2.75, 3.05) is 33.4 Å². The SMILES string of the molecule is COCCN1CC(CNC(=O)CC23CC4CC(CC(C4)C2)C3)CC1=O. The van der Waals surface area contributed by atoms with Gasteiger partial charge < -0.3 is 15.0 Å². The predicted octanol–water partition coefficient (Wildman–Crippen LogP) is 2.20. The van der Waals surface area contributed by atoms with Crippen molar-refractivity contribution in [2.45, 2.75) is 51.4 Å². The molecule has 0 aromatic carbocycles. The molecule has 1 atom stereocenters. The summed E-state index contributed by atoms with van der Waals surface area (Å²) in [6.07, 6.45) is 9.36. The van der Waals surface area contributed by atoms with Crippen LogP contribution in [-0.4, -0.2) is 50.1 Å². The van der Waals surface area contributed by atoms with E-state index in [2.05, 4.69) is 5.32 Å². The monoisotopic (exact) mass is 348 g/mol. The molecular formula is C20H32N2O3. The summed E-state index contributed by atoms with van der Waals surface area (Å²) in [6, 6.07) is 0. The number of nitrogens with zero attached hydrogens (tertiary/aromatic N) is 1. The molecule has 0 radical (unpaired) electrons. The summed E-state index contributed by atoms with van der Waals surface area (Å²) in [6.45, 7) is 2.63. The molecule has 0 aromatic heterocycles. The van der Waals surface area contributed by atoms with Gasteiger partial charge in [0, 0.05) is 45.5 Å². The Morgan fingerprint density at radius 1 is 1.20 bits per heavy atom. The molecule has 4 saturated carbocycles. The minimum absolute atomic E-state index is 0.192. The van der Waals surface area contributed by atoms with Gasteiger partial charge in [-0.1, -0.05) is 0 Å². The van der Waals surface area contributed by atoms with Crippen LogP contribution in [0.5, 0.6) is 0 Å². The molecule has 5 heteroatoms. The Bertz CT molecular complexity index is 498. The molecule has 1 saturated heterocycles. The van der Waals surface area contributed by atoms with Crippen molar-refractivity contribution in [3.05, 3.63) is 0 Å². The molecule has 0 aromatic rings. The van der Waals surface area contributed by atoms with Crippen LogP contribution in [-0.2, 0) is 14.3 Å². The third-order valence-corrected chi connectivity index (χ3v) is 7.15. The molecule has 5 aliphatic rings. The van der Waals surface area contributed by atoms with Crippen molar-refractivity contribution in [3.63, 3.8) is 0 Å². The van der Waals surface area contributed by atoms with Crippen molar-refractivity contribution in [1.82, 2.24) is 10.2 Å². The van der Waals surface area contributed by atoms with Crippen LogP contribution in [0.3, 0.4) is 0 Å². The van der Waals surface area contributed by atoms with Crippen LogP contribution in [0, 0.1) is 29.1 Å². The topological polar surface area (TPSA) is 58.6 Å². The van der Waals surface area contributed by atoms with Crippen LogP contribution in [0.4, 0.5) is 0 Å². The molecule has 4 bridgehead atoms. The molecule has 1 heterocycles. The van der Waals surface area contributed by atoms with Crippen molar-refractivity contribution in [1.29, 1.82) is 0 Å². The number of carbonyl (C=O) groups is 2. The zero-order chi connectivity index (χ0) is 17.4. The second kappa shape index (κ2) is 6.90. The zero-order valence-corrected chi connectivity index (χ0v) is 15.5. The highest BCUT2D eigenvalue weighted by atomic mass is 16.5. The van der Waals surface area contributed by atoms with Gasteiger partial charge in [-0.05, 0) is 61.7 Å². The highest BCUT2D eigenvalue weighted by Gasteiger charge is 2.51. The number of rotatable bonds is 7. The Kier molecular flexibility index (Phi) is 4.78. The van der Waals surface area contributed by atoms with E-state index in [-0.39, 0.29) is 17.7 Å². The Balaban J connectivity index is 1.24.